The van der Waals surface area contributed by atoms with Crippen LogP contribution in [0.5, 0.6) is 5.75 Å². The standard InChI is InChI=1S/C23H19ClF3N5O4S2/c1-36-15-5-2-4-14(12-15)16-13-17(23(25,26)27)32-21(28-16)19(24)20(29-32)22(33)30-7-9-31(10-8-30)38(34,35)18-6-3-11-37-18/h2-6,11-13H,7-10H2,1H3. The summed E-state index contributed by atoms with van der Waals surface area (Å²) in [5, 5.41) is 5.21. The quantitative estimate of drug-likeness (QED) is 0.347. The van der Waals surface area contributed by atoms with Gasteiger partial charge in [0.2, 0.25) is 0 Å². The molecule has 1 aliphatic heterocycles. The minimum Gasteiger partial charge on any atom is -0.497 e. The molecule has 0 aliphatic carbocycles. The van der Waals surface area contributed by atoms with E-state index >= 15 is 0 Å². The molecule has 15 heteroatoms. The Morgan fingerprint density at radius 3 is 2.47 bits per heavy atom. The summed E-state index contributed by atoms with van der Waals surface area (Å²) in [6.07, 6.45) is -4.83. The number of carbonyl (C=O) groups is 1. The molecule has 0 saturated carbocycles. The lowest BCUT2D eigenvalue weighted by Crippen LogP contribution is -2.50. The largest absolute Gasteiger partial charge is 0.497 e. The van der Waals surface area contributed by atoms with Crippen LogP contribution in [-0.2, 0) is 16.2 Å². The molecule has 0 atom stereocenters. The van der Waals surface area contributed by atoms with Gasteiger partial charge >= 0.3 is 6.18 Å². The second kappa shape index (κ2) is 9.84. The Labute approximate surface area is 224 Å². The SMILES string of the molecule is COc1cccc(-c2cc(C(F)(F)F)n3nc(C(=O)N4CCN(S(=O)(=O)c5cccs5)CC4)c(Cl)c3n2)c1. The molecular formula is C23H19ClF3N5O4S2. The number of amides is 1. The summed E-state index contributed by atoms with van der Waals surface area (Å²) < 4.78 is 74.7. The molecule has 1 fully saturated rings. The van der Waals surface area contributed by atoms with Gasteiger partial charge in [-0.15, -0.1) is 11.3 Å². The minimum atomic E-state index is -4.83. The minimum absolute atomic E-state index is 0.0161. The Hall–Kier alpha value is -3.20. The van der Waals surface area contributed by atoms with Crippen molar-refractivity contribution in [3.8, 4) is 17.0 Å². The highest BCUT2D eigenvalue weighted by atomic mass is 35.5. The molecule has 1 saturated heterocycles. The maximum Gasteiger partial charge on any atom is 0.433 e. The van der Waals surface area contributed by atoms with Gasteiger partial charge < -0.3 is 9.64 Å². The lowest BCUT2D eigenvalue weighted by atomic mass is 10.1. The van der Waals surface area contributed by atoms with E-state index in [1.54, 1.807) is 29.6 Å². The van der Waals surface area contributed by atoms with Crippen molar-refractivity contribution in [2.45, 2.75) is 10.4 Å². The highest BCUT2D eigenvalue weighted by Crippen LogP contribution is 2.35. The number of piperazine rings is 1. The van der Waals surface area contributed by atoms with Gasteiger partial charge in [-0.05, 0) is 29.6 Å². The Morgan fingerprint density at radius 2 is 1.84 bits per heavy atom. The van der Waals surface area contributed by atoms with E-state index in [0.29, 0.717) is 15.8 Å². The maximum atomic E-state index is 14.0. The van der Waals surface area contributed by atoms with Crippen LogP contribution in [0.15, 0.2) is 52.1 Å². The molecule has 3 aromatic heterocycles. The summed E-state index contributed by atoms with van der Waals surface area (Å²) in [7, 11) is -2.26. The third-order valence-electron chi connectivity index (χ3n) is 6.01. The number of halogens is 4. The number of nitrogens with zero attached hydrogens (tertiary/aromatic N) is 5. The summed E-state index contributed by atoms with van der Waals surface area (Å²) in [5.41, 5.74) is -1.57. The first-order chi connectivity index (χ1) is 18.0. The topological polar surface area (TPSA) is 97.1 Å². The van der Waals surface area contributed by atoms with Crippen molar-refractivity contribution < 1.29 is 31.1 Å². The zero-order valence-electron chi connectivity index (χ0n) is 19.6. The van der Waals surface area contributed by atoms with Crippen LogP contribution in [0.1, 0.15) is 16.2 Å². The first-order valence-corrected chi connectivity index (χ1v) is 13.8. The summed E-state index contributed by atoms with van der Waals surface area (Å²) in [5.74, 6) is -0.293. The van der Waals surface area contributed by atoms with Crippen LogP contribution >= 0.6 is 22.9 Å². The Morgan fingerprint density at radius 1 is 1.11 bits per heavy atom. The highest BCUT2D eigenvalue weighted by molar-refractivity contribution is 7.91. The van der Waals surface area contributed by atoms with Gasteiger partial charge in [0, 0.05) is 31.7 Å². The number of hydrogen-bond acceptors (Lipinski definition) is 7. The Bertz CT molecular complexity index is 1620. The molecule has 9 nitrogen and oxygen atoms in total. The number of aromatic nitrogens is 3. The van der Waals surface area contributed by atoms with E-state index in [-0.39, 0.29) is 46.8 Å². The molecule has 1 aromatic carbocycles. The molecule has 0 unspecified atom stereocenters. The van der Waals surface area contributed by atoms with Crippen molar-refractivity contribution in [3.05, 3.63) is 64.3 Å². The van der Waals surface area contributed by atoms with Crippen molar-refractivity contribution in [1.29, 1.82) is 0 Å². The van der Waals surface area contributed by atoms with E-state index in [2.05, 4.69) is 10.1 Å². The summed E-state index contributed by atoms with van der Waals surface area (Å²) in [6.45, 7) is 0.0660. The Balaban J connectivity index is 1.47. The molecule has 0 bridgehead atoms. The fourth-order valence-electron chi connectivity index (χ4n) is 4.08. The average Bonchev–Trinajstić information content (AvgIpc) is 3.57. The van der Waals surface area contributed by atoms with Crippen LogP contribution in [0.3, 0.4) is 0 Å². The van der Waals surface area contributed by atoms with Gasteiger partial charge in [-0.2, -0.15) is 22.6 Å². The van der Waals surface area contributed by atoms with Gasteiger partial charge in [-0.3, -0.25) is 4.79 Å². The van der Waals surface area contributed by atoms with Crippen LogP contribution in [0.4, 0.5) is 13.2 Å². The lowest BCUT2D eigenvalue weighted by Gasteiger charge is -2.33. The van der Waals surface area contributed by atoms with E-state index in [1.807, 2.05) is 0 Å². The molecule has 4 heterocycles. The van der Waals surface area contributed by atoms with Crippen LogP contribution in [-0.4, -0.2) is 71.4 Å². The molecule has 0 N–H and O–H groups in total. The fraction of sp³-hybridized carbons (Fsp3) is 0.261. The number of rotatable bonds is 5. The molecule has 0 radical (unpaired) electrons. The van der Waals surface area contributed by atoms with Gasteiger partial charge in [0.15, 0.2) is 17.0 Å². The predicted octanol–water partition coefficient (Wildman–Crippen LogP) is 4.29. The first kappa shape index (κ1) is 26.4. The lowest BCUT2D eigenvalue weighted by molar-refractivity contribution is -0.142. The number of methoxy groups -OCH3 is 1. The van der Waals surface area contributed by atoms with Gasteiger partial charge in [-0.1, -0.05) is 29.8 Å². The molecule has 4 aromatic rings. The van der Waals surface area contributed by atoms with Gasteiger partial charge in [0.1, 0.15) is 15.0 Å². The molecule has 1 aliphatic rings. The van der Waals surface area contributed by atoms with E-state index in [9.17, 15) is 26.4 Å². The normalized spacial score (nSPS) is 15.2. The number of alkyl halides is 3. The van der Waals surface area contributed by atoms with E-state index < -0.39 is 33.5 Å². The molecule has 200 valence electrons. The second-order valence-corrected chi connectivity index (χ2v) is 11.8. The number of carbonyl (C=O) groups excluding carboxylic acids is 1. The Kier molecular flexibility index (Phi) is 6.84. The zero-order valence-corrected chi connectivity index (χ0v) is 22.0. The van der Waals surface area contributed by atoms with Gasteiger partial charge in [0.05, 0.1) is 12.8 Å². The number of thiophene rings is 1. The third kappa shape index (κ3) is 4.72. The van der Waals surface area contributed by atoms with Gasteiger partial charge in [-0.25, -0.2) is 17.9 Å². The molecular weight excluding hydrogens is 567 g/mol. The van der Waals surface area contributed by atoms with Crippen molar-refractivity contribution in [2.24, 2.45) is 0 Å². The summed E-state index contributed by atoms with van der Waals surface area (Å²) in [6, 6.07) is 10.3. The van der Waals surface area contributed by atoms with Crippen LogP contribution < -0.4 is 4.74 Å². The maximum absolute atomic E-state index is 14.0. The van der Waals surface area contributed by atoms with Crippen LogP contribution in [0, 0.1) is 0 Å². The number of fused-ring (bicyclic) bond motifs is 1. The average molecular weight is 586 g/mol. The van der Waals surface area contributed by atoms with Gasteiger partial charge in [0.25, 0.3) is 15.9 Å². The molecule has 0 spiro atoms. The summed E-state index contributed by atoms with van der Waals surface area (Å²) >= 11 is 7.48. The number of ether oxygens (including phenoxy) is 1. The smallest absolute Gasteiger partial charge is 0.433 e. The predicted molar refractivity (Wildman–Crippen MR) is 134 cm³/mol. The number of benzene rings is 1. The van der Waals surface area contributed by atoms with Crippen molar-refractivity contribution in [1.82, 2.24) is 23.8 Å². The zero-order chi connectivity index (χ0) is 27.2. The van der Waals surface area contributed by atoms with Crippen molar-refractivity contribution in [2.75, 3.05) is 33.3 Å². The van der Waals surface area contributed by atoms with Crippen LogP contribution in [0.25, 0.3) is 16.9 Å². The second-order valence-electron chi connectivity index (χ2n) is 8.28. The number of sulfonamides is 1. The van der Waals surface area contributed by atoms with Crippen LogP contribution in [0.2, 0.25) is 5.02 Å². The first-order valence-electron chi connectivity index (χ1n) is 11.1. The molecule has 38 heavy (non-hydrogen) atoms. The molecule has 5 rings (SSSR count). The highest BCUT2D eigenvalue weighted by Gasteiger charge is 2.38. The monoisotopic (exact) mass is 585 g/mol. The third-order valence-corrected chi connectivity index (χ3v) is 9.63. The summed E-state index contributed by atoms with van der Waals surface area (Å²) in [4.78, 5) is 18.8. The fourth-order valence-corrected chi connectivity index (χ4v) is 6.89. The van der Waals surface area contributed by atoms with Crippen molar-refractivity contribution in [3.63, 3.8) is 0 Å². The van der Waals surface area contributed by atoms with E-state index in [1.165, 1.54) is 28.4 Å². The number of hydrogen-bond donors (Lipinski definition) is 0. The molecule has 1 amide bonds. The van der Waals surface area contributed by atoms with Crippen molar-refractivity contribution >= 4 is 44.5 Å². The van der Waals surface area contributed by atoms with E-state index in [4.69, 9.17) is 16.3 Å². The van der Waals surface area contributed by atoms with E-state index in [0.717, 1.165) is 17.4 Å².